The molecular formula is C13H11Cl2N3O. The van der Waals surface area contributed by atoms with Gasteiger partial charge >= 0.3 is 0 Å². The number of hydrogen-bond donors (Lipinski definition) is 1. The Morgan fingerprint density at radius 1 is 1.26 bits per heavy atom. The Bertz CT molecular complexity index is 579. The number of carbonyl (C=O) groups excluding carboxylic acids is 1. The quantitative estimate of drug-likeness (QED) is 0.697. The maximum atomic E-state index is 12.0. The molecule has 1 amide bonds. The Hall–Kier alpha value is -1.65. The van der Waals surface area contributed by atoms with Gasteiger partial charge in [0.2, 0.25) is 5.95 Å². The second-order valence-corrected chi connectivity index (χ2v) is 4.59. The molecule has 1 aromatic heterocycles. The van der Waals surface area contributed by atoms with Gasteiger partial charge in [-0.2, -0.15) is 0 Å². The van der Waals surface area contributed by atoms with E-state index in [0.717, 1.165) is 5.56 Å². The van der Waals surface area contributed by atoms with Crippen LogP contribution in [-0.4, -0.2) is 15.9 Å². The first kappa shape index (κ1) is 13.8. The van der Waals surface area contributed by atoms with Gasteiger partial charge in [0, 0.05) is 17.1 Å². The van der Waals surface area contributed by atoms with Crippen molar-refractivity contribution in [3.05, 3.63) is 52.3 Å². The van der Waals surface area contributed by atoms with Crippen LogP contribution in [0.5, 0.6) is 0 Å². The van der Waals surface area contributed by atoms with E-state index in [2.05, 4.69) is 15.3 Å². The molecule has 0 aliphatic carbocycles. The van der Waals surface area contributed by atoms with E-state index >= 15 is 0 Å². The number of halogens is 2. The average Bonchev–Trinajstić information content (AvgIpc) is 2.37. The highest BCUT2D eigenvalue weighted by atomic mass is 35.5. The Morgan fingerprint density at radius 3 is 2.53 bits per heavy atom. The molecule has 4 nitrogen and oxygen atoms in total. The zero-order valence-corrected chi connectivity index (χ0v) is 11.7. The molecule has 0 spiro atoms. The molecule has 0 bridgehead atoms. The summed E-state index contributed by atoms with van der Waals surface area (Å²) in [5.41, 5.74) is 2.15. The fourth-order valence-electron chi connectivity index (χ4n) is 1.50. The first-order valence-electron chi connectivity index (χ1n) is 5.56. The molecule has 0 atom stereocenters. The second-order valence-electron chi connectivity index (χ2n) is 3.94. The highest BCUT2D eigenvalue weighted by molar-refractivity contribution is 6.29. The number of carbonyl (C=O) groups is 1. The zero-order valence-electron chi connectivity index (χ0n) is 10.2. The summed E-state index contributed by atoms with van der Waals surface area (Å²) in [6.07, 6.45) is 0. The normalized spacial score (nSPS) is 10.3. The van der Waals surface area contributed by atoms with Crippen LogP contribution in [0.1, 0.15) is 21.6 Å². The van der Waals surface area contributed by atoms with Crippen LogP contribution in [0.25, 0.3) is 0 Å². The van der Waals surface area contributed by atoms with Gasteiger partial charge < -0.3 is 0 Å². The maximum absolute atomic E-state index is 12.0. The lowest BCUT2D eigenvalue weighted by Crippen LogP contribution is -2.14. The maximum Gasteiger partial charge on any atom is 0.258 e. The molecule has 2 rings (SSSR count). The molecule has 0 aliphatic rings. The lowest BCUT2D eigenvalue weighted by atomic mass is 10.1. The van der Waals surface area contributed by atoms with Gasteiger partial charge in [-0.1, -0.05) is 23.7 Å². The number of benzene rings is 1. The monoisotopic (exact) mass is 295 g/mol. The van der Waals surface area contributed by atoms with E-state index in [4.69, 9.17) is 23.2 Å². The number of alkyl halides is 1. The first-order valence-corrected chi connectivity index (χ1v) is 6.47. The van der Waals surface area contributed by atoms with Crippen LogP contribution in [0.2, 0.25) is 5.15 Å². The van der Waals surface area contributed by atoms with E-state index in [-0.39, 0.29) is 11.9 Å². The SMILES string of the molecule is Cc1cc(Cl)nc(NC(=O)c2ccc(CCl)cc2)n1. The van der Waals surface area contributed by atoms with E-state index in [1.165, 1.54) is 0 Å². The van der Waals surface area contributed by atoms with Crippen LogP contribution in [0, 0.1) is 6.92 Å². The van der Waals surface area contributed by atoms with Crippen molar-refractivity contribution in [2.75, 3.05) is 5.32 Å². The second kappa shape index (κ2) is 5.99. The summed E-state index contributed by atoms with van der Waals surface area (Å²) in [7, 11) is 0. The van der Waals surface area contributed by atoms with E-state index in [9.17, 15) is 4.79 Å². The fourth-order valence-corrected chi connectivity index (χ4v) is 1.92. The summed E-state index contributed by atoms with van der Waals surface area (Å²) in [6, 6.07) is 8.61. The van der Waals surface area contributed by atoms with E-state index in [0.29, 0.717) is 22.3 Å². The Balaban J connectivity index is 2.15. The molecular weight excluding hydrogens is 285 g/mol. The number of nitrogens with one attached hydrogen (secondary N) is 1. The van der Waals surface area contributed by atoms with Crippen LogP contribution in [-0.2, 0) is 5.88 Å². The average molecular weight is 296 g/mol. The number of aromatic nitrogens is 2. The summed E-state index contributed by atoms with van der Waals surface area (Å²) in [5, 5.41) is 2.89. The minimum atomic E-state index is -0.289. The third kappa shape index (κ3) is 3.66. The zero-order chi connectivity index (χ0) is 13.8. The number of rotatable bonds is 3. The lowest BCUT2D eigenvalue weighted by molar-refractivity contribution is 0.102. The van der Waals surface area contributed by atoms with Crippen molar-refractivity contribution >= 4 is 35.1 Å². The third-order valence-corrected chi connectivity index (χ3v) is 2.92. The smallest absolute Gasteiger partial charge is 0.258 e. The van der Waals surface area contributed by atoms with Gasteiger partial charge in [0.1, 0.15) is 5.15 Å². The molecule has 19 heavy (non-hydrogen) atoms. The van der Waals surface area contributed by atoms with Crippen molar-refractivity contribution < 1.29 is 4.79 Å². The summed E-state index contributed by atoms with van der Waals surface area (Å²) in [6.45, 7) is 1.78. The van der Waals surface area contributed by atoms with Crippen LogP contribution in [0.4, 0.5) is 5.95 Å². The van der Waals surface area contributed by atoms with Crippen LogP contribution < -0.4 is 5.32 Å². The third-order valence-electron chi connectivity index (χ3n) is 2.42. The predicted molar refractivity (Wildman–Crippen MR) is 75.7 cm³/mol. The summed E-state index contributed by atoms with van der Waals surface area (Å²) in [5.74, 6) is 0.317. The number of nitrogens with zero attached hydrogens (tertiary/aromatic N) is 2. The summed E-state index contributed by atoms with van der Waals surface area (Å²) >= 11 is 11.5. The summed E-state index contributed by atoms with van der Waals surface area (Å²) in [4.78, 5) is 20.0. The fraction of sp³-hybridized carbons (Fsp3) is 0.154. The lowest BCUT2D eigenvalue weighted by Gasteiger charge is -2.05. The molecule has 0 radical (unpaired) electrons. The van der Waals surface area contributed by atoms with Crippen LogP contribution in [0.15, 0.2) is 30.3 Å². The molecule has 1 heterocycles. The molecule has 1 aromatic carbocycles. The number of anilines is 1. The molecule has 0 unspecified atom stereocenters. The Labute approximate surface area is 120 Å². The highest BCUT2D eigenvalue weighted by Gasteiger charge is 2.08. The molecule has 1 N–H and O–H groups in total. The standard InChI is InChI=1S/C13H11Cl2N3O/c1-8-6-11(15)17-13(16-8)18-12(19)10-4-2-9(7-14)3-5-10/h2-6H,7H2,1H3,(H,16,17,18,19). The Morgan fingerprint density at radius 2 is 1.95 bits per heavy atom. The molecule has 2 aromatic rings. The minimum absolute atomic E-state index is 0.191. The van der Waals surface area contributed by atoms with Crippen molar-refractivity contribution in [2.45, 2.75) is 12.8 Å². The predicted octanol–water partition coefficient (Wildman–Crippen LogP) is 3.43. The first-order chi connectivity index (χ1) is 9.08. The van der Waals surface area contributed by atoms with Crippen molar-refractivity contribution in [1.29, 1.82) is 0 Å². The van der Waals surface area contributed by atoms with Crippen LogP contribution >= 0.6 is 23.2 Å². The summed E-state index contributed by atoms with van der Waals surface area (Å²) < 4.78 is 0. The van der Waals surface area contributed by atoms with E-state index in [1.54, 1.807) is 37.3 Å². The van der Waals surface area contributed by atoms with Crippen molar-refractivity contribution in [2.24, 2.45) is 0 Å². The van der Waals surface area contributed by atoms with Gasteiger partial charge in [-0.15, -0.1) is 11.6 Å². The molecule has 0 saturated carbocycles. The van der Waals surface area contributed by atoms with Gasteiger partial charge in [-0.25, -0.2) is 9.97 Å². The molecule has 98 valence electrons. The van der Waals surface area contributed by atoms with Gasteiger partial charge in [-0.05, 0) is 30.7 Å². The van der Waals surface area contributed by atoms with Gasteiger partial charge in [-0.3, -0.25) is 10.1 Å². The van der Waals surface area contributed by atoms with Crippen molar-refractivity contribution in [3.63, 3.8) is 0 Å². The minimum Gasteiger partial charge on any atom is -0.290 e. The highest BCUT2D eigenvalue weighted by Crippen LogP contribution is 2.12. The molecule has 6 heteroatoms. The van der Waals surface area contributed by atoms with Crippen LogP contribution in [0.3, 0.4) is 0 Å². The number of aryl methyl sites for hydroxylation is 1. The van der Waals surface area contributed by atoms with E-state index < -0.39 is 0 Å². The largest absolute Gasteiger partial charge is 0.290 e. The van der Waals surface area contributed by atoms with Gasteiger partial charge in [0.05, 0.1) is 0 Å². The Kier molecular flexibility index (Phi) is 4.35. The number of hydrogen-bond acceptors (Lipinski definition) is 3. The van der Waals surface area contributed by atoms with Crippen molar-refractivity contribution in [1.82, 2.24) is 9.97 Å². The number of amides is 1. The van der Waals surface area contributed by atoms with E-state index in [1.807, 2.05) is 0 Å². The molecule has 0 fully saturated rings. The topological polar surface area (TPSA) is 54.9 Å². The van der Waals surface area contributed by atoms with Gasteiger partial charge in [0.15, 0.2) is 0 Å². The van der Waals surface area contributed by atoms with Gasteiger partial charge in [0.25, 0.3) is 5.91 Å². The molecule has 0 aliphatic heterocycles. The molecule has 0 saturated heterocycles. The van der Waals surface area contributed by atoms with Crippen molar-refractivity contribution in [3.8, 4) is 0 Å².